The van der Waals surface area contributed by atoms with E-state index in [0.717, 1.165) is 12.0 Å². The van der Waals surface area contributed by atoms with Gasteiger partial charge in [-0.25, -0.2) is 4.79 Å². The van der Waals surface area contributed by atoms with E-state index >= 15 is 0 Å². The highest BCUT2D eigenvalue weighted by atomic mass is 16.5. The van der Waals surface area contributed by atoms with Crippen LogP contribution in [0.25, 0.3) is 0 Å². The van der Waals surface area contributed by atoms with Crippen molar-refractivity contribution in [1.82, 2.24) is 0 Å². The van der Waals surface area contributed by atoms with Gasteiger partial charge in [-0.1, -0.05) is 31.2 Å². The van der Waals surface area contributed by atoms with Crippen LogP contribution in [-0.4, -0.2) is 30.4 Å². The molecule has 6 heteroatoms. The van der Waals surface area contributed by atoms with Crippen LogP contribution in [0.1, 0.15) is 40.1 Å². The van der Waals surface area contributed by atoms with Crippen molar-refractivity contribution in [3.05, 3.63) is 65.2 Å². The summed E-state index contributed by atoms with van der Waals surface area (Å²) in [6.07, 6.45) is -0.0150. The molecule has 0 aliphatic carbocycles. The van der Waals surface area contributed by atoms with Crippen LogP contribution in [0, 0.1) is 0 Å². The van der Waals surface area contributed by atoms with E-state index in [1.54, 1.807) is 12.1 Å². The van der Waals surface area contributed by atoms with Crippen LogP contribution in [0.4, 0.5) is 0 Å². The Balaban J connectivity index is 1.96. The molecule has 26 heavy (non-hydrogen) atoms. The van der Waals surface area contributed by atoms with Gasteiger partial charge >= 0.3 is 5.97 Å². The van der Waals surface area contributed by atoms with Gasteiger partial charge in [-0.15, -0.1) is 0 Å². The molecule has 2 rings (SSSR count). The Morgan fingerprint density at radius 2 is 1.54 bits per heavy atom. The van der Waals surface area contributed by atoms with Crippen LogP contribution < -0.4 is 10.5 Å². The number of esters is 1. The average Bonchev–Trinajstić information content (AvgIpc) is 2.66. The molecule has 0 saturated carbocycles. The van der Waals surface area contributed by atoms with Gasteiger partial charge < -0.3 is 15.2 Å². The molecule has 2 aromatic carbocycles. The van der Waals surface area contributed by atoms with E-state index in [1.165, 1.54) is 31.2 Å². The molecule has 0 unspecified atom stereocenters. The molecule has 136 valence electrons. The number of carbonyl (C=O) groups excluding carboxylic acids is 3. The molecule has 0 radical (unpaired) electrons. The lowest BCUT2D eigenvalue weighted by molar-refractivity contribution is -0.119. The van der Waals surface area contributed by atoms with Gasteiger partial charge in [-0.2, -0.15) is 0 Å². The van der Waals surface area contributed by atoms with E-state index in [4.69, 9.17) is 15.2 Å². The summed E-state index contributed by atoms with van der Waals surface area (Å²) in [7, 11) is 0. The third kappa shape index (κ3) is 5.17. The number of hydrogen-bond acceptors (Lipinski definition) is 5. The SMILES string of the molecule is CCc1ccc(C(=O)[C@H](C)OC(=O)c2ccc(OCC(N)=O)cc2)cc1. The fourth-order valence-corrected chi connectivity index (χ4v) is 2.26. The topological polar surface area (TPSA) is 95.7 Å². The van der Waals surface area contributed by atoms with E-state index in [9.17, 15) is 14.4 Å². The van der Waals surface area contributed by atoms with Crippen molar-refractivity contribution in [3.8, 4) is 5.75 Å². The van der Waals surface area contributed by atoms with Gasteiger partial charge in [0.1, 0.15) is 5.75 Å². The zero-order valence-electron chi connectivity index (χ0n) is 14.7. The summed E-state index contributed by atoms with van der Waals surface area (Å²) >= 11 is 0. The van der Waals surface area contributed by atoms with Crippen molar-refractivity contribution in [3.63, 3.8) is 0 Å². The van der Waals surface area contributed by atoms with Crippen molar-refractivity contribution >= 4 is 17.7 Å². The van der Waals surface area contributed by atoms with Crippen LogP contribution in [0.15, 0.2) is 48.5 Å². The number of carbonyl (C=O) groups is 3. The molecular weight excluding hydrogens is 334 g/mol. The Bertz CT molecular complexity index is 781. The fraction of sp³-hybridized carbons (Fsp3) is 0.250. The summed E-state index contributed by atoms with van der Waals surface area (Å²) in [5, 5.41) is 0. The standard InChI is InChI=1S/C20H21NO5/c1-3-14-4-6-15(7-5-14)19(23)13(2)26-20(24)16-8-10-17(11-9-16)25-12-18(21)22/h4-11,13H,3,12H2,1-2H3,(H2,21,22)/t13-/m0/s1. The second kappa shape index (κ2) is 8.80. The van der Waals surface area contributed by atoms with Crippen LogP contribution in [0.3, 0.4) is 0 Å². The second-order valence-electron chi connectivity index (χ2n) is 5.74. The maximum atomic E-state index is 12.4. The third-order valence-electron chi connectivity index (χ3n) is 3.77. The van der Waals surface area contributed by atoms with Gasteiger partial charge in [0.15, 0.2) is 12.7 Å². The minimum absolute atomic E-state index is 0.244. The summed E-state index contributed by atoms with van der Waals surface area (Å²) in [5.74, 6) is -1.06. The molecule has 0 saturated heterocycles. The van der Waals surface area contributed by atoms with Crippen molar-refractivity contribution in [1.29, 1.82) is 0 Å². The highest BCUT2D eigenvalue weighted by Gasteiger charge is 2.20. The number of benzene rings is 2. The fourth-order valence-electron chi connectivity index (χ4n) is 2.26. The first-order chi connectivity index (χ1) is 12.4. The van der Waals surface area contributed by atoms with Crippen molar-refractivity contribution in [2.75, 3.05) is 6.61 Å². The molecule has 0 aliphatic heterocycles. The number of nitrogens with two attached hydrogens (primary N) is 1. The predicted octanol–water partition coefficient (Wildman–Crippen LogP) is 2.54. The molecule has 2 N–H and O–H groups in total. The lowest BCUT2D eigenvalue weighted by Gasteiger charge is -2.13. The highest BCUT2D eigenvalue weighted by molar-refractivity contribution is 6.01. The van der Waals surface area contributed by atoms with E-state index in [0.29, 0.717) is 11.3 Å². The number of ether oxygens (including phenoxy) is 2. The minimum atomic E-state index is -0.902. The molecule has 0 heterocycles. The summed E-state index contributed by atoms with van der Waals surface area (Å²) in [4.78, 5) is 35.2. The smallest absolute Gasteiger partial charge is 0.338 e. The Morgan fingerprint density at radius 1 is 0.962 bits per heavy atom. The Morgan fingerprint density at radius 3 is 2.08 bits per heavy atom. The van der Waals surface area contributed by atoms with Crippen molar-refractivity contribution in [2.45, 2.75) is 26.4 Å². The third-order valence-corrected chi connectivity index (χ3v) is 3.77. The molecule has 0 aliphatic rings. The van der Waals surface area contributed by atoms with E-state index in [2.05, 4.69) is 0 Å². The van der Waals surface area contributed by atoms with Gasteiger partial charge in [0, 0.05) is 5.56 Å². The zero-order valence-corrected chi connectivity index (χ0v) is 14.7. The molecular formula is C20H21NO5. The average molecular weight is 355 g/mol. The summed E-state index contributed by atoms with van der Waals surface area (Å²) < 4.78 is 10.4. The first-order valence-electron chi connectivity index (χ1n) is 8.26. The van der Waals surface area contributed by atoms with E-state index < -0.39 is 18.0 Å². The number of Topliss-reactive ketones (excluding diaryl/α,β-unsaturated/α-hetero) is 1. The highest BCUT2D eigenvalue weighted by Crippen LogP contribution is 2.15. The largest absolute Gasteiger partial charge is 0.484 e. The summed E-state index contributed by atoms with van der Waals surface area (Å²) in [5.41, 5.74) is 6.90. The van der Waals surface area contributed by atoms with Gasteiger partial charge in [-0.3, -0.25) is 9.59 Å². The number of rotatable bonds is 8. The molecule has 0 spiro atoms. The Labute approximate surface area is 151 Å². The van der Waals surface area contributed by atoms with Crippen molar-refractivity contribution < 1.29 is 23.9 Å². The van der Waals surface area contributed by atoms with Gasteiger partial charge in [0.2, 0.25) is 5.78 Å². The predicted molar refractivity (Wildman–Crippen MR) is 96.2 cm³/mol. The minimum Gasteiger partial charge on any atom is -0.484 e. The molecule has 1 atom stereocenters. The van der Waals surface area contributed by atoms with Crippen LogP contribution in [0.2, 0.25) is 0 Å². The molecule has 0 fully saturated rings. The lowest BCUT2D eigenvalue weighted by Crippen LogP contribution is -2.24. The van der Waals surface area contributed by atoms with Gasteiger partial charge in [0.25, 0.3) is 5.91 Å². The molecule has 6 nitrogen and oxygen atoms in total. The van der Waals surface area contributed by atoms with Crippen molar-refractivity contribution in [2.24, 2.45) is 5.73 Å². The second-order valence-corrected chi connectivity index (χ2v) is 5.74. The number of aryl methyl sites for hydroxylation is 1. The van der Waals surface area contributed by atoms with Gasteiger partial charge in [-0.05, 0) is 43.2 Å². The number of amides is 1. The summed E-state index contributed by atoms with van der Waals surface area (Å²) in [6, 6.07) is 13.3. The van der Waals surface area contributed by atoms with Gasteiger partial charge in [0.05, 0.1) is 5.56 Å². The van der Waals surface area contributed by atoms with Crippen LogP contribution in [0.5, 0.6) is 5.75 Å². The lowest BCUT2D eigenvalue weighted by atomic mass is 10.0. The Hall–Kier alpha value is -3.15. The van der Waals surface area contributed by atoms with Crippen LogP contribution >= 0.6 is 0 Å². The zero-order chi connectivity index (χ0) is 19.1. The van der Waals surface area contributed by atoms with E-state index in [-0.39, 0.29) is 18.0 Å². The quantitative estimate of drug-likeness (QED) is 0.580. The first kappa shape index (κ1) is 19.2. The van der Waals surface area contributed by atoms with E-state index in [1.807, 2.05) is 19.1 Å². The number of ketones is 1. The maximum absolute atomic E-state index is 12.4. The molecule has 2 aromatic rings. The maximum Gasteiger partial charge on any atom is 0.338 e. The number of hydrogen-bond donors (Lipinski definition) is 1. The number of primary amides is 1. The normalized spacial score (nSPS) is 11.5. The Kier molecular flexibility index (Phi) is 6.49. The first-order valence-corrected chi connectivity index (χ1v) is 8.26. The summed E-state index contributed by atoms with van der Waals surface area (Å²) in [6.45, 7) is 3.33. The molecule has 0 aromatic heterocycles. The molecule has 0 bridgehead atoms. The monoisotopic (exact) mass is 355 g/mol. The molecule has 1 amide bonds. The van der Waals surface area contributed by atoms with Crippen LogP contribution in [-0.2, 0) is 16.0 Å².